The van der Waals surface area contributed by atoms with E-state index in [4.69, 9.17) is 39.5 Å². The molecule has 0 atom stereocenters. The molecule has 0 saturated heterocycles. The molecule has 0 bridgehead atoms. The van der Waals surface area contributed by atoms with Gasteiger partial charge in [0.2, 0.25) is 0 Å². The average molecular weight is 353 g/mol. The van der Waals surface area contributed by atoms with Crippen molar-refractivity contribution < 1.29 is 4.74 Å². The molecule has 2 aromatic carbocycles. The molecule has 0 amide bonds. The third-order valence-electron chi connectivity index (χ3n) is 2.90. The molecule has 0 spiro atoms. The molecule has 0 aliphatic rings. The second-order valence-electron chi connectivity index (χ2n) is 4.40. The van der Waals surface area contributed by atoms with Crippen LogP contribution in [0.25, 0.3) is 11.6 Å². The Kier molecular flexibility index (Phi) is 5.74. The number of allylic oxidation sites excluding steroid dienone is 1. The first-order valence-electron chi connectivity index (χ1n) is 6.55. The molecular weight excluding hydrogens is 341 g/mol. The van der Waals surface area contributed by atoms with Gasteiger partial charge in [0.25, 0.3) is 0 Å². The molecule has 2 aromatic rings. The molecule has 0 aliphatic carbocycles. The smallest absolute Gasteiger partial charge is 0.156 e. The Labute approximate surface area is 144 Å². The SMILES string of the molecule is CCOc1c(Cl)cc(C=C(C#N)c2ccccc2Cl)cc1Cl. The summed E-state index contributed by atoms with van der Waals surface area (Å²) in [6.45, 7) is 2.32. The first-order valence-corrected chi connectivity index (χ1v) is 7.68. The Morgan fingerprint density at radius 2 is 1.77 bits per heavy atom. The van der Waals surface area contributed by atoms with Gasteiger partial charge in [0.15, 0.2) is 5.75 Å². The summed E-state index contributed by atoms with van der Waals surface area (Å²) in [7, 11) is 0. The first kappa shape index (κ1) is 16.7. The standard InChI is InChI=1S/C17H12Cl3NO/c1-2-22-17-15(19)8-11(9-16(17)20)7-12(10-21)13-5-3-4-6-14(13)18/h3-9H,2H2,1H3. The fraction of sp³-hybridized carbons (Fsp3) is 0.118. The van der Waals surface area contributed by atoms with Crippen LogP contribution in [0.15, 0.2) is 36.4 Å². The van der Waals surface area contributed by atoms with E-state index in [1.165, 1.54) is 0 Å². The van der Waals surface area contributed by atoms with Crippen LogP contribution in [0.5, 0.6) is 5.75 Å². The predicted molar refractivity (Wildman–Crippen MR) is 92.6 cm³/mol. The Hall–Kier alpha value is -1.66. The molecular formula is C17H12Cl3NO. The van der Waals surface area contributed by atoms with Gasteiger partial charge in [-0.15, -0.1) is 0 Å². The Balaban J connectivity index is 2.48. The third-order valence-corrected chi connectivity index (χ3v) is 3.80. The lowest BCUT2D eigenvalue weighted by Gasteiger charge is -2.09. The fourth-order valence-electron chi connectivity index (χ4n) is 1.96. The van der Waals surface area contributed by atoms with Crippen LogP contribution in [-0.2, 0) is 0 Å². The molecule has 0 aromatic heterocycles. The second kappa shape index (κ2) is 7.56. The summed E-state index contributed by atoms with van der Waals surface area (Å²) >= 11 is 18.5. The molecule has 0 aliphatic heterocycles. The van der Waals surface area contributed by atoms with E-state index in [1.54, 1.807) is 30.3 Å². The van der Waals surface area contributed by atoms with Gasteiger partial charge in [-0.25, -0.2) is 0 Å². The lowest BCUT2D eigenvalue weighted by Crippen LogP contribution is -1.94. The zero-order chi connectivity index (χ0) is 16.1. The van der Waals surface area contributed by atoms with E-state index in [0.717, 1.165) is 0 Å². The minimum Gasteiger partial charge on any atom is -0.491 e. The van der Waals surface area contributed by atoms with E-state index in [2.05, 4.69) is 6.07 Å². The molecule has 2 rings (SSSR count). The van der Waals surface area contributed by atoms with Gasteiger partial charge < -0.3 is 4.74 Å². The number of hydrogen-bond acceptors (Lipinski definition) is 2. The molecule has 2 nitrogen and oxygen atoms in total. The van der Waals surface area contributed by atoms with Crippen LogP contribution in [0, 0.1) is 11.3 Å². The Bertz CT molecular complexity index is 740. The molecule has 0 heterocycles. The zero-order valence-electron chi connectivity index (χ0n) is 11.7. The Morgan fingerprint density at radius 3 is 2.32 bits per heavy atom. The highest BCUT2D eigenvalue weighted by atomic mass is 35.5. The summed E-state index contributed by atoms with van der Waals surface area (Å²) in [5.74, 6) is 0.444. The molecule has 0 radical (unpaired) electrons. The average Bonchev–Trinajstić information content (AvgIpc) is 2.49. The maximum Gasteiger partial charge on any atom is 0.156 e. The van der Waals surface area contributed by atoms with Crippen molar-refractivity contribution in [2.75, 3.05) is 6.61 Å². The van der Waals surface area contributed by atoms with E-state index in [1.807, 2.05) is 19.1 Å². The second-order valence-corrected chi connectivity index (χ2v) is 5.62. The molecule has 112 valence electrons. The van der Waals surface area contributed by atoms with Crippen molar-refractivity contribution in [2.45, 2.75) is 6.92 Å². The number of nitriles is 1. The van der Waals surface area contributed by atoms with Gasteiger partial charge in [-0.2, -0.15) is 5.26 Å². The molecule has 0 fully saturated rings. The highest BCUT2D eigenvalue weighted by Gasteiger charge is 2.10. The maximum atomic E-state index is 9.38. The number of halogens is 3. The highest BCUT2D eigenvalue weighted by molar-refractivity contribution is 6.37. The van der Waals surface area contributed by atoms with E-state index in [-0.39, 0.29) is 0 Å². The van der Waals surface area contributed by atoms with Crippen molar-refractivity contribution in [3.8, 4) is 11.8 Å². The van der Waals surface area contributed by atoms with Gasteiger partial charge >= 0.3 is 0 Å². The maximum absolute atomic E-state index is 9.38. The highest BCUT2D eigenvalue weighted by Crippen LogP contribution is 2.35. The number of nitrogens with zero attached hydrogens (tertiary/aromatic N) is 1. The minimum absolute atomic E-state index is 0.400. The van der Waals surface area contributed by atoms with Crippen molar-refractivity contribution in [2.24, 2.45) is 0 Å². The first-order chi connectivity index (χ1) is 10.6. The summed E-state index contributed by atoms with van der Waals surface area (Å²) in [6.07, 6.45) is 1.69. The van der Waals surface area contributed by atoms with Crippen molar-refractivity contribution in [1.82, 2.24) is 0 Å². The Morgan fingerprint density at radius 1 is 1.14 bits per heavy atom. The zero-order valence-corrected chi connectivity index (χ0v) is 14.0. The normalized spacial score (nSPS) is 11.1. The largest absolute Gasteiger partial charge is 0.491 e. The van der Waals surface area contributed by atoms with Crippen LogP contribution in [0.2, 0.25) is 15.1 Å². The third kappa shape index (κ3) is 3.75. The lowest BCUT2D eigenvalue weighted by atomic mass is 10.0. The molecule has 5 heteroatoms. The fourth-order valence-corrected chi connectivity index (χ4v) is 2.81. The van der Waals surface area contributed by atoms with Crippen molar-refractivity contribution in [3.63, 3.8) is 0 Å². The molecule has 0 N–H and O–H groups in total. The number of benzene rings is 2. The van der Waals surface area contributed by atoms with Crippen LogP contribution in [0.3, 0.4) is 0 Å². The molecule has 0 saturated carbocycles. The van der Waals surface area contributed by atoms with Crippen LogP contribution < -0.4 is 4.74 Å². The summed E-state index contributed by atoms with van der Waals surface area (Å²) in [6, 6.07) is 12.7. The topological polar surface area (TPSA) is 33.0 Å². The van der Waals surface area contributed by atoms with Gasteiger partial charge in [0.1, 0.15) is 0 Å². The van der Waals surface area contributed by atoms with E-state index in [9.17, 15) is 5.26 Å². The number of rotatable bonds is 4. The van der Waals surface area contributed by atoms with Crippen LogP contribution in [0.1, 0.15) is 18.1 Å². The lowest BCUT2D eigenvalue weighted by molar-refractivity contribution is 0.340. The minimum atomic E-state index is 0.400. The van der Waals surface area contributed by atoms with Gasteiger partial charge in [-0.05, 0) is 36.8 Å². The van der Waals surface area contributed by atoms with Crippen molar-refractivity contribution in [3.05, 3.63) is 62.6 Å². The van der Waals surface area contributed by atoms with Gasteiger partial charge in [0, 0.05) is 10.6 Å². The monoisotopic (exact) mass is 351 g/mol. The van der Waals surface area contributed by atoms with Gasteiger partial charge in [0.05, 0.1) is 28.3 Å². The van der Waals surface area contributed by atoms with E-state index >= 15 is 0 Å². The van der Waals surface area contributed by atoms with Crippen molar-refractivity contribution >= 4 is 46.5 Å². The van der Waals surface area contributed by atoms with Crippen LogP contribution in [0.4, 0.5) is 0 Å². The van der Waals surface area contributed by atoms with Crippen LogP contribution in [-0.4, -0.2) is 6.61 Å². The summed E-state index contributed by atoms with van der Waals surface area (Å²) < 4.78 is 5.39. The number of hydrogen-bond donors (Lipinski definition) is 0. The van der Waals surface area contributed by atoms with Gasteiger partial charge in [-0.1, -0.05) is 53.0 Å². The quantitative estimate of drug-likeness (QED) is 0.491. The molecule has 22 heavy (non-hydrogen) atoms. The summed E-state index contributed by atoms with van der Waals surface area (Å²) in [5.41, 5.74) is 1.80. The molecule has 0 unspecified atom stereocenters. The van der Waals surface area contributed by atoms with E-state index < -0.39 is 0 Å². The van der Waals surface area contributed by atoms with E-state index in [0.29, 0.717) is 44.1 Å². The summed E-state index contributed by atoms with van der Waals surface area (Å²) in [5, 5.41) is 10.7. The van der Waals surface area contributed by atoms with Gasteiger partial charge in [-0.3, -0.25) is 0 Å². The van der Waals surface area contributed by atoms with Crippen LogP contribution >= 0.6 is 34.8 Å². The summed E-state index contributed by atoms with van der Waals surface area (Å²) in [4.78, 5) is 0. The van der Waals surface area contributed by atoms with Crippen molar-refractivity contribution in [1.29, 1.82) is 5.26 Å². The number of ether oxygens (including phenoxy) is 1. The predicted octanol–water partition coefficient (Wildman–Crippen LogP) is 6.11.